The van der Waals surface area contributed by atoms with E-state index in [-0.39, 0.29) is 18.6 Å². The number of rotatable bonds is 4. The van der Waals surface area contributed by atoms with Gasteiger partial charge in [-0.2, -0.15) is 0 Å². The molecule has 1 N–H and O–H groups in total. The van der Waals surface area contributed by atoms with Gasteiger partial charge in [0.2, 0.25) is 12.5 Å². The summed E-state index contributed by atoms with van der Waals surface area (Å²) in [4.78, 5) is 14.1. The molecule has 2 atom stereocenters. The van der Waals surface area contributed by atoms with E-state index in [1.165, 1.54) is 10.5 Å². The molecule has 0 saturated carbocycles. The van der Waals surface area contributed by atoms with Crippen LogP contribution in [-0.4, -0.2) is 33.3 Å². The lowest BCUT2D eigenvalue weighted by Crippen LogP contribution is -3.10. The molecule has 136 valence electrons. The minimum atomic E-state index is 0.00591. The van der Waals surface area contributed by atoms with Crippen molar-refractivity contribution in [2.45, 2.75) is 18.9 Å². The lowest BCUT2D eigenvalue weighted by Gasteiger charge is -2.32. The van der Waals surface area contributed by atoms with Crippen molar-refractivity contribution in [3.63, 3.8) is 0 Å². The average Bonchev–Trinajstić information content (AvgIpc) is 3.11. The highest BCUT2D eigenvalue weighted by Gasteiger charge is 2.37. The molecule has 0 amide bonds. The van der Waals surface area contributed by atoms with Crippen LogP contribution in [-0.2, 0) is 6.42 Å². The molecule has 0 aromatic heterocycles. The maximum atomic E-state index is 12.9. The quantitative estimate of drug-likeness (QED) is 0.835. The van der Waals surface area contributed by atoms with Crippen molar-refractivity contribution in [2.75, 3.05) is 27.5 Å². The number of quaternary nitrogens is 1. The van der Waals surface area contributed by atoms with E-state index in [1.807, 2.05) is 6.07 Å². The van der Waals surface area contributed by atoms with Crippen LogP contribution in [0.15, 0.2) is 30.3 Å². The van der Waals surface area contributed by atoms with E-state index in [2.05, 4.69) is 7.05 Å². The van der Waals surface area contributed by atoms with Gasteiger partial charge in [0, 0.05) is 17.0 Å². The van der Waals surface area contributed by atoms with Crippen LogP contribution in [0.3, 0.4) is 0 Å². The number of Topliss-reactive ketones (excluding diaryl/α,β-unsaturated/α-hetero) is 1. The van der Waals surface area contributed by atoms with Crippen molar-refractivity contribution in [2.24, 2.45) is 0 Å². The molecule has 2 aliphatic heterocycles. The number of carbonyl (C=O) groups is 1. The number of fused-ring (bicyclic) bond motifs is 2. The number of carbonyl (C=O) groups excluding carboxylic acids is 1. The van der Waals surface area contributed by atoms with Crippen LogP contribution in [0.25, 0.3) is 0 Å². The molecule has 0 fully saturated rings. The van der Waals surface area contributed by atoms with Crippen LogP contribution >= 0.6 is 11.6 Å². The number of nitrogens with one attached hydrogen (secondary N) is 1. The normalized spacial score (nSPS) is 20.6. The van der Waals surface area contributed by atoms with Crippen LogP contribution in [0.2, 0.25) is 5.02 Å². The fourth-order valence-electron chi connectivity index (χ4n) is 3.84. The Hall–Kier alpha value is -2.24. The van der Waals surface area contributed by atoms with E-state index in [0.717, 1.165) is 24.3 Å². The summed E-state index contributed by atoms with van der Waals surface area (Å²) in [7, 11) is 3.76. The zero-order chi connectivity index (χ0) is 18.3. The fourth-order valence-corrected chi connectivity index (χ4v) is 3.96. The van der Waals surface area contributed by atoms with Gasteiger partial charge in [0.25, 0.3) is 0 Å². The molecule has 0 bridgehead atoms. The lowest BCUT2D eigenvalue weighted by atomic mass is 9.87. The van der Waals surface area contributed by atoms with Gasteiger partial charge in [-0.1, -0.05) is 11.6 Å². The van der Waals surface area contributed by atoms with Gasteiger partial charge in [0.05, 0.1) is 32.7 Å². The molecule has 2 aromatic carbocycles. The highest BCUT2D eigenvalue weighted by Crippen LogP contribution is 2.47. The first-order chi connectivity index (χ1) is 12.6. The third-order valence-electron chi connectivity index (χ3n) is 5.24. The van der Waals surface area contributed by atoms with Crippen LogP contribution in [0.5, 0.6) is 17.2 Å². The Balaban J connectivity index is 1.71. The molecule has 1 unspecified atom stereocenters. The SMILES string of the molecule is COc1c2c(cc3c1[C@H](CC(=O)c1ccc(Cl)cc1)[NH+](C)CC3)OCO2. The first-order valence-corrected chi connectivity index (χ1v) is 9.06. The van der Waals surface area contributed by atoms with Gasteiger partial charge < -0.3 is 19.1 Å². The van der Waals surface area contributed by atoms with Crippen molar-refractivity contribution >= 4 is 17.4 Å². The van der Waals surface area contributed by atoms with Crippen molar-refractivity contribution in [3.05, 3.63) is 52.0 Å². The largest absolute Gasteiger partial charge is 0.492 e. The van der Waals surface area contributed by atoms with E-state index >= 15 is 0 Å². The van der Waals surface area contributed by atoms with Crippen LogP contribution in [0.1, 0.15) is 33.9 Å². The summed E-state index contributed by atoms with van der Waals surface area (Å²) in [5.41, 5.74) is 2.91. The van der Waals surface area contributed by atoms with Crippen LogP contribution < -0.4 is 19.1 Å². The predicted octanol–water partition coefficient (Wildman–Crippen LogP) is 2.46. The summed E-state index contributed by atoms with van der Waals surface area (Å²) in [6.07, 6.45) is 1.32. The van der Waals surface area contributed by atoms with E-state index in [1.54, 1.807) is 31.4 Å². The summed E-state index contributed by atoms with van der Waals surface area (Å²) in [6, 6.07) is 9.09. The van der Waals surface area contributed by atoms with Gasteiger partial charge in [-0.3, -0.25) is 4.79 Å². The third kappa shape index (κ3) is 2.91. The molecular weight excluding hydrogens is 354 g/mol. The predicted molar refractivity (Wildman–Crippen MR) is 97.7 cm³/mol. The Kier molecular flexibility index (Phi) is 4.51. The Labute approximate surface area is 157 Å². The van der Waals surface area contributed by atoms with Gasteiger partial charge >= 0.3 is 0 Å². The highest BCUT2D eigenvalue weighted by molar-refractivity contribution is 6.30. The standard InChI is InChI=1S/C20H20ClNO4/c1-22-8-7-13-9-17-19(26-11-25-17)20(24-2)18(13)15(22)10-16(23)12-3-5-14(21)6-4-12/h3-6,9,15H,7-8,10-11H2,1-2H3/p+1/t15-/m0/s1. The molecule has 0 aliphatic carbocycles. The number of ketones is 1. The molecule has 6 heteroatoms. The number of benzene rings is 2. The van der Waals surface area contributed by atoms with E-state index in [4.69, 9.17) is 25.8 Å². The number of hydrogen-bond donors (Lipinski definition) is 1. The molecule has 5 nitrogen and oxygen atoms in total. The topological polar surface area (TPSA) is 49.2 Å². The second-order valence-corrected chi connectivity index (χ2v) is 7.19. The first kappa shape index (κ1) is 17.2. The number of hydrogen-bond acceptors (Lipinski definition) is 4. The number of likely N-dealkylation sites (N-methyl/N-ethyl adjacent to an activating group) is 1. The Morgan fingerprint density at radius 2 is 2.08 bits per heavy atom. The van der Waals surface area contributed by atoms with E-state index in [9.17, 15) is 4.79 Å². The summed E-state index contributed by atoms with van der Waals surface area (Å²) < 4.78 is 16.8. The highest BCUT2D eigenvalue weighted by atomic mass is 35.5. The van der Waals surface area contributed by atoms with Gasteiger partial charge in [-0.15, -0.1) is 0 Å². The smallest absolute Gasteiger partial charge is 0.231 e. The minimum Gasteiger partial charge on any atom is -0.492 e. The second kappa shape index (κ2) is 6.82. The molecule has 0 radical (unpaired) electrons. The molecule has 4 rings (SSSR count). The molecule has 26 heavy (non-hydrogen) atoms. The van der Waals surface area contributed by atoms with Crippen molar-refractivity contribution in [1.82, 2.24) is 0 Å². The van der Waals surface area contributed by atoms with Crippen molar-refractivity contribution in [3.8, 4) is 17.2 Å². The Morgan fingerprint density at radius 1 is 1.31 bits per heavy atom. The first-order valence-electron chi connectivity index (χ1n) is 8.69. The Morgan fingerprint density at radius 3 is 2.81 bits per heavy atom. The van der Waals surface area contributed by atoms with Crippen LogP contribution in [0.4, 0.5) is 0 Å². The molecular formula is C20H21ClNO4+. The minimum absolute atomic E-state index is 0.00591. The molecule has 2 aromatic rings. The second-order valence-electron chi connectivity index (χ2n) is 6.75. The number of halogens is 1. The lowest BCUT2D eigenvalue weighted by molar-refractivity contribution is -0.913. The molecule has 2 heterocycles. The Bertz CT molecular complexity index is 850. The number of ether oxygens (including phenoxy) is 3. The van der Waals surface area contributed by atoms with Crippen molar-refractivity contribution < 1.29 is 23.9 Å². The summed E-state index contributed by atoms with van der Waals surface area (Å²) >= 11 is 5.93. The summed E-state index contributed by atoms with van der Waals surface area (Å²) in [6.45, 7) is 1.15. The molecule has 0 spiro atoms. The fraction of sp³-hybridized carbons (Fsp3) is 0.350. The summed E-state index contributed by atoms with van der Waals surface area (Å²) in [5.74, 6) is 2.16. The van der Waals surface area contributed by atoms with Gasteiger partial charge in [0.1, 0.15) is 6.04 Å². The number of methoxy groups -OCH3 is 1. The van der Waals surface area contributed by atoms with Crippen molar-refractivity contribution in [1.29, 1.82) is 0 Å². The van der Waals surface area contributed by atoms with E-state index < -0.39 is 0 Å². The van der Waals surface area contributed by atoms with E-state index in [0.29, 0.717) is 28.5 Å². The molecule has 0 saturated heterocycles. The third-order valence-corrected chi connectivity index (χ3v) is 5.49. The van der Waals surface area contributed by atoms with Crippen LogP contribution in [0, 0.1) is 0 Å². The van der Waals surface area contributed by atoms with Gasteiger partial charge in [-0.05, 0) is 35.9 Å². The maximum Gasteiger partial charge on any atom is 0.231 e. The maximum absolute atomic E-state index is 12.9. The molecule has 2 aliphatic rings. The monoisotopic (exact) mass is 374 g/mol. The zero-order valence-electron chi connectivity index (χ0n) is 14.8. The van der Waals surface area contributed by atoms with Gasteiger partial charge in [-0.25, -0.2) is 0 Å². The zero-order valence-corrected chi connectivity index (χ0v) is 15.6. The average molecular weight is 375 g/mol. The summed E-state index contributed by atoms with van der Waals surface area (Å²) in [5, 5.41) is 0.627. The van der Waals surface area contributed by atoms with Gasteiger partial charge in [0.15, 0.2) is 17.3 Å².